The third-order valence-corrected chi connectivity index (χ3v) is 5.30. The summed E-state index contributed by atoms with van der Waals surface area (Å²) >= 11 is 0. The van der Waals surface area contributed by atoms with E-state index in [1.54, 1.807) is 30.3 Å². The van der Waals surface area contributed by atoms with E-state index in [2.05, 4.69) is 5.09 Å². The van der Waals surface area contributed by atoms with Crippen LogP contribution in [0, 0.1) is 0 Å². The predicted molar refractivity (Wildman–Crippen MR) is 93.5 cm³/mol. The molecule has 1 aromatic rings. The van der Waals surface area contributed by atoms with Gasteiger partial charge in [-0.25, -0.2) is 9.65 Å². The average Bonchev–Trinajstić information content (AvgIpc) is 2.92. The van der Waals surface area contributed by atoms with Crippen molar-refractivity contribution in [1.82, 2.24) is 5.09 Å². The summed E-state index contributed by atoms with van der Waals surface area (Å²) in [6, 6.07) is 8.57. The van der Waals surface area contributed by atoms with E-state index in [1.807, 2.05) is 6.92 Å². The summed E-state index contributed by atoms with van der Waals surface area (Å²) < 4.78 is 29.6. The Hall–Kier alpha value is -1.24. The first kappa shape index (κ1) is 20.1. The highest BCUT2D eigenvalue weighted by atomic mass is 31.2. The van der Waals surface area contributed by atoms with Gasteiger partial charge < -0.3 is 14.4 Å². The number of aliphatic hydroxyl groups is 1. The lowest BCUT2D eigenvalue weighted by Crippen LogP contribution is -2.29. The highest BCUT2D eigenvalue weighted by molar-refractivity contribution is 7.52. The molecule has 2 rings (SSSR count). The Kier molecular flexibility index (Phi) is 7.59. The van der Waals surface area contributed by atoms with E-state index in [0.717, 1.165) is 12.8 Å². The lowest BCUT2D eigenvalue weighted by Gasteiger charge is -2.22. The van der Waals surface area contributed by atoms with E-state index in [1.165, 1.54) is 6.92 Å². The van der Waals surface area contributed by atoms with Gasteiger partial charge in [-0.15, -0.1) is 0 Å². The zero-order valence-electron chi connectivity index (χ0n) is 14.6. The zero-order chi connectivity index (χ0) is 18.3. The summed E-state index contributed by atoms with van der Waals surface area (Å²) in [6.07, 6.45) is 1.09. The fraction of sp³-hybridized carbons (Fsp3) is 0.588. The van der Waals surface area contributed by atoms with Crippen LogP contribution in [0.15, 0.2) is 30.3 Å². The van der Waals surface area contributed by atoms with E-state index < -0.39 is 20.0 Å². The lowest BCUT2D eigenvalue weighted by atomic mass is 10.1. The molecule has 0 aliphatic carbocycles. The lowest BCUT2D eigenvalue weighted by molar-refractivity contribution is -0.116. The molecular formula is C17H26NO6P. The molecule has 1 saturated heterocycles. The summed E-state index contributed by atoms with van der Waals surface area (Å²) in [5, 5.41) is 12.6. The number of hydrogen-bond acceptors (Lipinski definition) is 6. The van der Waals surface area contributed by atoms with Crippen molar-refractivity contribution in [3.63, 3.8) is 0 Å². The molecule has 25 heavy (non-hydrogen) atoms. The van der Waals surface area contributed by atoms with Crippen molar-refractivity contribution in [2.45, 2.75) is 51.4 Å². The van der Waals surface area contributed by atoms with Crippen LogP contribution in [0.1, 0.15) is 33.1 Å². The second-order valence-electron chi connectivity index (χ2n) is 6.12. The minimum atomic E-state index is -3.77. The van der Waals surface area contributed by atoms with Crippen molar-refractivity contribution in [1.29, 1.82) is 0 Å². The maximum atomic E-state index is 12.9. The van der Waals surface area contributed by atoms with Gasteiger partial charge in [0.25, 0.3) is 0 Å². The van der Waals surface area contributed by atoms with Crippen LogP contribution in [-0.4, -0.2) is 42.4 Å². The Bertz CT molecular complexity index is 596. The van der Waals surface area contributed by atoms with Gasteiger partial charge in [0.05, 0.1) is 25.4 Å². The summed E-state index contributed by atoms with van der Waals surface area (Å²) in [5.74, 6) is 0.166. The van der Waals surface area contributed by atoms with Crippen LogP contribution in [0.2, 0.25) is 0 Å². The first-order valence-corrected chi connectivity index (χ1v) is 10.0. The molecule has 7 nitrogen and oxygen atoms in total. The number of hydrogen-bond donors (Lipinski definition) is 2. The van der Waals surface area contributed by atoms with Gasteiger partial charge in [-0.1, -0.05) is 31.5 Å². The first-order valence-electron chi connectivity index (χ1n) is 8.49. The molecule has 0 bridgehead atoms. The molecule has 1 aromatic carbocycles. The van der Waals surface area contributed by atoms with Crippen LogP contribution in [0.25, 0.3) is 0 Å². The molecule has 4 unspecified atom stereocenters. The van der Waals surface area contributed by atoms with Crippen LogP contribution in [0.4, 0.5) is 0 Å². The van der Waals surface area contributed by atoms with Crippen LogP contribution in [-0.2, 0) is 18.6 Å². The third kappa shape index (κ3) is 6.53. The van der Waals surface area contributed by atoms with Crippen molar-refractivity contribution in [3.8, 4) is 5.75 Å². The van der Waals surface area contributed by atoms with E-state index in [4.69, 9.17) is 13.8 Å². The average molecular weight is 371 g/mol. The van der Waals surface area contributed by atoms with Crippen molar-refractivity contribution in [2.75, 3.05) is 13.2 Å². The van der Waals surface area contributed by atoms with Crippen molar-refractivity contribution >= 4 is 13.5 Å². The highest BCUT2D eigenvalue weighted by Crippen LogP contribution is 2.44. The molecule has 140 valence electrons. The maximum Gasteiger partial charge on any atom is 0.459 e. The van der Waals surface area contributed by atoms with Crippen LogP contribution >= 0.6 is 7.75 Å². The summed E-state index contributed by atoms with van der Waals surface area (Å²) in [5.41, 5.74) is 0. The highest BCUT2D eigenvalue weighted by Gasteiger charge is 2.36. The van der Waals surface area contributed by atoms with E-state index in [0.29, 0.717) is 12.2 Å². The fourth-order valence-electron chi connectivity index (χ4n) is 2.58. The molecule has 2 N–H and O–H groups in total. The number of carbonyl (C=O) groups is 1. The van der Waals surface area contributed by atoms with Crippen LogP contribution in [0.3, 0.4) is 0 Å². The largest absolute Gasteiger partial charge is 0.459 e. The standard InChI is InChI=1S/C17H26NO6P/c1-3-7-15-10-16(20)17(23-15)12-22-25(21,18-11-13(2)19)24-14-8-5-4-6-9-14/h4-6,8-9,15-17,20H,3,7,10-12H2,1-2H3,(H,18,21). The number of nitrogens with one attached hydrogen (secondary N) is 1. The minimum Gasteiger partial charge on any atom is -0.413 e. The Balaban J connectivity index is 1.98. The molecular weight excluding hydrogens is 345 g/mol. The smallest absolute Gasteiger partial charge is 0.413 e. The van der Waals surface area contributed by atoms with E-state index in [9.17, 15) is 14.5 Å². The second-order valence-corrected chi connectivity index (χ2v) is 7.87. The van der Waals surface area contributed by atoms with Crippen molar-refractivity contribution < 1.29 is 28.3 Å². The SMILES string of the molecule is CCCC1CC(O)C(COP(=O)(NCC(C)=O)Oc2ccccc2)O1. The number of rotatable bonds is 10. The molecule has 0 amide bonds. The van der Waals surface area contributed by atoms with E-state index in [-0.39, 0.29) is 25.0 Å². The van der Waals surface area contributed by atoms with Gasteiger partial charge in [-0.05, 0) is 25.5 Å². The number of para-hydroxylation sites is 1. The van der Waals surface area contributed by atoms with Gasteiger partial charge in [0.2, 0.25) is 0 Å². The number of benzene rings is 1. The molecule has 1 aliphatic heterocycles. The molecule has 1 heterocycles. The Morgan fingerprint density at radius 2 is 2.12 bits per heavy atom. The topological polar surface area (TPSA) is 94.1 Å². The normalized spacial score (nSPS) is 25.5. The Morgan fingerprint density at radius 3 is 2.76 bits per heavy atom. The Labute approximate surface area is 148 Å². The van der Waals surface area contributed by atoms with Gasteiger partial charge in [0.1, 0.15) is 17.6 Å². The molecule has 8 heteroatoms. The third-order valence-electron chi connectivity index (χ3n) is 3.81. The number of carbonyl (C=O) groups excluding carboxylic acids is 1. The van der Waals surface area contributed by atoms with Crippen molar-refractivity contribution in [3.05, 3.63) is 30.3 Å². The molecule has 0 saturated carbocycles. The number of Topliss-reactive ketones (excluding diaryl/α,β-unsaturated/α-hetero) is 1. The van der Waals surface area contributed by atoms with Crippen LogP contribution < -0.4 is 9.61 Å². The first-order chi connectivity index (χ1) is 11.9. The summed E-state index contributed by atoms with van der Waals surface area (Å²) in [6.45, 7) is 3.19. The van der Waals surface area contributed by atoms with Crippen LogP contribution in [0.5, 0.6) is 5.75 Å². The van der Waals surface area contributed by atoms with Gasteiger partial charge >= 0.3 is 7.75 Å². The van der Waals surface area contributed by atoms with Gasteiger partial charge in [0.15, 0.2) is 0 Å². The van der Waals surface area contributed by atoms with Gasteiger partial charge in [-0.3, -0.25) is 9.32 Å². The summed E-state index contributed by atoms with van der Waals surface area (Å²) in [4.78, 5) is 11.2. The fourth-order valence-corrected chi connectivity index (χ4v) is 3.94. The minimum absolute atomic E-state index is 0.0202. The molecule has 1 aliphatic rings. The zero-order valence-corrected chi connectivity index (χ0v) is 15.5. The molecule has 1 fully saturated rings. The number of ketones is 1. The molecule has 0 aromatic heterocycles. The monoisotopic (exact) mass is 371 g/mol. The molecule has 4 atom stereocenters. The Morgan fingerprint density at radius 1 is 1.40 bits per heavy atom. The summed E-state index contributed by atoms with van der Waals surface area (Å²) in [7, 11) is -3.77. The molecule has 0 spiro atoms. The van der Waals surface area contributed by atoms with Gasteiger partial charge in [-0.2, -0.15) is 0 Å². The second kappa shape index (κ2) is 9.46. The number of ether oxygens (including phenoxy) is 1. The number of aliphatic hydroxyl groups excluding tert-OH is 1. The van der Waals surface area contributed by atoms with Gasteiger partial charge in [0, 0.05) is 6.42 Å². The quantitative estimate of drug-likeness (QED) is 0.611. The van der Waals surface area contributed by atoms with E-state index >= 15 is 0 Å². The van der Waals surface area contributed by atoms with Crippen molar-refractivity contribution in [2.24, 2.45) is 0 Å². The predicted octanol–water partition coefficient (Wildman–Crippen LogP) is 2.69. The molecule has 0 radical (unpaired) electrons. The maximum absolute atomic E-state index is 12.9.